The van der Waals surface area contributed by atoms with Gasteiger partial charge in [0.25, 0.3) is 0 Å². The molecule has 108 valence electrons. The second kappa shape index (κ2) is 8.03. The van der Waals surface area contributed by atoms with Crippen LogP contribution in [0.15, 0.2) is 0 Å². The zero-order chi connectivity index (χ0) is 15.0. The number of carbonyl (C=O) groups is 4. The molecule has 0 radical (unpaired) electrons. The van der Waals surface area contributed by atoms with Crippen LogP contribution in [-0.4, -0.2) is 46.0 Å². The molecule has 1 unspecified atom stereocenters. The Balaban J connectivity index is 4.33. The molecule has 0 heterocycles. The number of primary amides is 1. The molecule has 0 rings (SSSR count). The van der Waals surface area contributed by atoms with Crippen molar-refractivity contribution in [1.29, 1.82) is 0 Å². The molecule has 0 aliphatic carbocycles. The first-order chi connectivity index (χ1) is 8.73. The third kappa shape index (κ3) is 7.71. The molecular formula is C10H17N3O6. The average molecular weight is 275 g/mol. The Morgan fingerprint density at radius 1 is 1.05 bits per heavy atom. The van der Waals surface area contributed by atoms with Crippen LogP contribution in [0, 0.1) is 0 Å². The van der Waals surface area contributed by atoms with Gasteiger partial charge in [0, 0.05) is 12.8 Å². The number of hydrogen-bond donors (Lipinski definition) is 5. The minimum atomic E-state index is -1.32. The van der Waals surface area contributed by atoms with Gasteiger partial charge in [0.15, 0.2) is 0 Å². The Labute approximate surface area is 108 Å². The molecule has 0 bridgehead atoms. The molecule has 2 amide bonds. The lowest BCUT2D eigenvalue weighted by atomic mass is 10.1. The van der Waals surface area contributed by atoms with Gasteiger partial charge in [-0.15, -0.1) is 0 Å². The highest BCUT2D eigenvalue weighted by Gasteiger charge is 2.23. The molecule has 2 atom stereocenters. The Kier molecular flexibility index (Phi) is 7.12. The fourth-order valence-electron chi connectivity index (χ4n) is 1.23. The predicted molar refractivity (Wildman–Crippen MR) is 62.8 cm³/mol. The maximum absolute atomic E-state index is 11.5. The third-order valence-electron chi connectivity index (χ3n) is 2.30. The summed E-state index contributed by atoms with van der Waals surface area (Å²) in [7, 11) is 0. The Morgan fingerprint density at radius 3 is 2.05 bits per heavy atom. The van der Waals surface area contributed by atoms with Gasteiger partial charge in [-0.3, -0.25) is 14.4 Å². The van der Waals surface area contributed by atoms with Gasteiger partial charge in [-0.25, -0.2) is 4.79 Å². The summed E-state index contributed by atoms with van der Waals surface area (Å²) in [6, 6.07) is -2.40. The van der Waals surface area contributed by atoms with Gasteiger partial charge in [-0.05, 0) is 12.8 Å². The Hall–Kier alpha value is -2.16. The molecule has 9 nitrogen and oxygen atoms in total. The number of nitrogens with two attached hydrogens (primary N) is 2. The Bertz CT molecular complexity index is 370. The second-order valence-corrected chi connectivity index (χ2v) is 3.94. The SMILES string of the molecule is NC(=O)CC[C@@H](NC(=O)C(N)CCC(=O)O)C(=O)O. The fraction of sp³-hybridized carbons (Fsp3) is 0.600. The summed E-state index contributed by atoms with van der Waals surface area (Å²) in [6.07, 6.45) is -0.749. The molecule has 7 N–H and O–H groups in total. The van der Waals surface area contributed by atoms with Gasteiger partial charge < -0.3 is 27.0 Å². The second-order valence-electron chi connectivity index (χ2n) is 3.94. The minimum Gasteiger partial charge on any atom is -0.481 e. The van der Waals surface area contributed by atoms with Crippen molar-refractivity contribution in [3.8, 4) is 0 Å². The number of hydrogen-bond acceptors (Lipinski definition) is 5. The third-order valence-corrected chi connectivity index (χ3v) is 2.30. The molecule has 9 heteroatoms. The summed E-state index contributed by atoms with van der Waals surface area (Å²) in [6.45, 7) is 0. The summed E-state index contributed by atoms with van der Waals surface area (Å²) < 4.78 is 0. The molecule has 0 aromatic rings. The monoisotopic (exact) mass is 275 g/mol. The van der Waals surface area contributed by atoms with Crippen molar-refractivity contribution in [1.82, 2.24) is 5.32 Å². The number of nitrogens with one attached hydrogen (secondary N) is 1. The summed E-state index contributed by atoms with van der Waals surface area (Å²) in [4.78, 5) is 43.2. The molecule has 0 aromatic heterocycles. The first kappa shape index (κ1) is 16.8. The van der Waals surface area contributed by atoms with Crippen LogP contribution in [0.5, 0.6) is 0 Å². The number of carboxylic acids is 2. The number of carboxylic acid groups (broad SMARTS) is 2. The quantitative estimate of drug-likeness (QED) is 0.324. The topological polar surface area (TPSA) is 173 Å². The lowest BCUT2D eigenvalue weighted by Gasteiger charge is -2.16. The van der Waals surface area contributed by atoms with E-state index in [4.69, 9.17) is 21.7 Å². The van der Waals surface area contributed by atoms with Gasteiger partial charge in [0.05, 0.1) is 6.04 Å². The van der Waals surface area contributed by atoms with Crippen molar-refractivity contribution < 1.29 is 29.4 Å². The van der Waals surface area contributed by atoms with E-state index in [9.17, 15) is 19.2 Å². The molecule has 0 aliphatic heterocycles. The highest BCUT2D eigenvalue weighted by molar-refractivity contribution is 5.87. The van der Waals surface area contributed by atoms with Crippen LogP contribution < -0.4 is 16.8 Å². The lowest BCUT2D eigenvalue weighted by Crippen LogP contribution is -2.48. The number of carbonyl (C=O) groups excluding carboxylic acids is 2. The average Bonchev–Trinajstić information content (AvgIpc) is 2.30. The first-order valence-electron chi connectivity index (χ1n) is 5.53. The van der Waals surface area contributed by atoms with Crippen molar-refractivity contribution >= 4 is 23.8 Å². The lowest BCUT2D eigenvalue weighted by molar-refractivity contribution is -0.142. The van der Waals surface area contributed by atoms with Gasteiger partial charge in [-0.2, -0.15) is 0 Å². The van der Waals surface area contributed by atoms with E-state index in [0.717, 1.165) is 0 Å². The van der Waals surface area contributed by atoms with Crippen LogP contribution in [0.4, 0.5) is 0 Å². The molecule has 0 aliphatic rings. The van der Waals surface area contributed by atoms with Crippen molar-refractivity contribution in [2.24, 2.45) is 11.5 Å². The van der Waals surface area contributed by atoms with Gasteiger partial charge in [0.1, 0.15) is 6.04 Å². The van der Waals surface area contributed by atoms with Crippen LogP contribution in [0.2, 0.25) is 0 Å². The molecular weight excluding hydrogens is 258 g/mol. The zero-order valence-corrected chi connectivity index (χ0v) is 10.2. The van der Waals surface area contributed by atoms with E-state index in [1.165, 1.54) is 0 Å². The van der Waals surface area contributed by atoms with E-state index < -0.39 is 35.8 Å². The Morgan fingerprint density at radius 2 is 1.63 bits per heavy atom. The van der Waals surface area contributed by atoms with Crippen molar-refractivity contribution in [2.75, 3.05) is 0 Å². The maximum Gasteiger partial charge on any atom is 0.326 e. The summed E-state index contributed by atoms with van der Waals surface area (Å²) in [5, 5.41) is 19.4. The van der Waals surface area contributed by atoms with E-state index in [2.05, 4.69) is 5.32 Å². The zero-order valence-electron chi connectivity index (χ0n) is 10.2. The van der Waals surface area contributed by atoms with E-state index in [0.29, 0.717) is 0 Å². The molecule has 0 fully saturated rings. The van der Waals surface area contributed by atoms with Crippen molar-refractivity contribution in [2.45, 2.75) is 37.8 Å². The molecule has 19 heavy (non-hydrogen) atoms. The summed E-state index contributed by atoms with van der Waals surface area (Å²) in [5.41, 5.74) is 10.3. The summed E-state index contributed by atoms with van der Waals surface area (Å²) >= 11 is 0. The normalized spacial score (nSPS) is 13.3. The number of rotatable bonds is 9. The van der Waals surface area contributed by atoms with Crippen LogP contribution >= 0.6 is 0 Å². The largest absolute Gasteiger partial charge is 0.481 e. The highest BCUT2D eigenvalue weighted by atomic mass is 16.4. The van der Waals surface area contributed by atoms with E-state index >= 15 is 0 Å². The number of amides is 2. The standard InChI is InChI=1S/C10H17N3O6/c11-5(1-4-8(15)16)9(17)13-6(10(18)19)2-3-7(12)14/h5-6H,1-4,11H2,(H2,12,14)(H,13,17)(H,15,16)(H,18,19)/t5?,6-/m1/s1. The van der Waals surface area contributed by atoms with Crippen LogP contribution in [0.25, 0.3) is 0 Å². The maximum atomic E-state index is 11.5. The van der Waals surface area contributed by atoms with Crippen molar-refractivity contribution in [3.63, 3.8) is 0 Å². The predicted octanol–water partition coefficient (Wildman–Crippen LogP) is -1.99. The van der Waals surface area contributed by atoms with Crippen LogP contribution in [-0.2, 0) is 19.2 Å². The van der Waals surface area contributed by atoms with Gasteiger partial charge in [-0.1, -0.05) is 0 Å². The van der Waals surface area contributed by atoms with E-state index in [1.807, 2.05) is 0 Å². The van der Waals surface area contributed by atoms with Crippen molar-refractivity contribution in [3.05, 3.63) is 0 Å². The minimum absolute atomic E-state index is 0.108. The van der Waals surface area contributed by atoms with Gasteiger partial charge in [0.2, 0.25) is 11.8 Å². The van der Waals surface area contributed by atoms with Crippen LogP contribution in [0.1, 0.15) is 25.7 Å². The molecule has 0 spiro atoms. The fourth-order valence-corrected chi connectivity index (χ4v) is 1.23. The van der Waals surface area contributed by atoms with Crippen LogP contribution in [0.3, 0.4) is 0 Å². The molecule has 0 saturated heterocycles. The van der Waals surface area contributed by atoms with E-state index in [1.54, 1.807) is 0 Å². The van der Waals surface area contributed by atoms with Gasteiger partial charge >= 0.3 is 11.9 Å². The molecule has 0 aromatic carbocycles. The van der Waals surface area contributed by atoms with E-state index in [-0.39, 0.29) is 25.7 Å². The smallest absolute Gasteiger partial charge is 0.326 e. The molecule has 0 saturated carbocycles. The number of aliphatic carboxylic acids is 2. The first-order valence-corrected chi connectivity index (χ1v) is 5.53. The summed E-state index contributed by atoms with van der Waals surface area (Å²) in [5.74, 6) is -3.89. The highest BCUT2D eigenvalue weighted by Crippen LogP contribution is 2.00.